The Kier molecular flexibility index (Phi) is 4.33. The van der Waals surface area contributed by atoms with E-state index in [0.717, 1.165) is 6.07 Å². The van der Waals surface area contributed by atoms with Crippen LogP contribution in [0.2, 0.25) is 0 Å². The quantitative estimate of drug-likeness (QED) is 0.465. The van der Waals surface area contributed by atoms with E-state index in [0.29, 0.717) is 5.56 Å². The van der Waals surface area contributed by atoms with Crippen LogP contribution in [0.1, 0.15) is 30.0 Å². The molecule has 0 aromatic carbocycles. The van der Waals surface area contributed by atoms with Gasteiger partial charge in [0.25, 0.3) is 10.1 Å². The Bertz CT molecular complexity index is 689. The van der Waals surface area contributed by atoms with E-state index in [1.807, 2.05) is 0 Å². The maximum atomic E-state index is 13.3. The third kappa shape index (κ3) is 4.05. The van der Waals surface area contributed by atoms with Crippen molar-refractivity contribution in [3.8, 4) is 0 Å². The maximum Gasteiger partial charge on any atom is 0.265 e. The van der Waals surface area contributed by atoms with Crippen LogP contribution in [0.4, 0.5) is 4.39 Å². The number of aryl methyl sites for hydroxylation is 1. The molecule has 1 aromatic heterocycles. The third-order valence-corrected chi connectivity index (χ3v) is 3.90. The Labute approximate surface area is 120 Å². The minimum absolute atomic E-state index is 0.0980. The summed E-state index contributed by atoms with van der Waals surface area (Å²) in [6.07, 6.45) is 0.186. The minimum atomic E-state index is -4.18. The molecule has 2 N–H and O–H groups in total. The van der Waals surface area contributed by atoms with Crippen LogP contribution in [0.25, 0.3) is 0 Å². The van der Waals surface area contributed by atoms with E-state index in [1.165, 1.54) is 6.07 Å². The molecule has 0 spiro atoms. The van der Waals surface area contributed by atoms with Gasteiger partial charge in [-0.2, -0.15) is 12.8 Å². The Morgan fingerprint density at radius 2 is 2.10 bits per heavy atom. The molecule has 21 heavy (non-hydrogen) atoms. The van der Waals surface area contributed by atoms with Gasteiger partial charge in [0, 0.05) is 6.42 Å². The number of carbonyl (C=O) groups excluding carboxylic acids is 2. The number of carbonyl (C=O) groups is 2. The summed E-state index contributed by atoms with van der Waals surface area (Å²) in [7, 11) is -4.18. The monoisotopic (exact) mass is 316 g/mol. The van der Waals surface area contributed by atoms with Crippen LogP contribution >= 0.6 is 0 Å². The Morgan fingerprint density at radius 3 is 2.71 bits per heavy atom. The smallest absolute Gasteiger partial charge is 0.265 e. The molecule has 1 fully saturated rings. The highest BCUT2D eigenvalue weighted by Crippen LogP contribution is 2.26. The summed E-state index contributed by atoms with van der Waals surface area (Å²) in [5, 5.41) is 2.14. The highest BCUT2D eigenvalue weighted by atomic mass is 32.2. The lowest BCUT2D eigenvalue weighted by molar-refractivity contribution is -0.134. The zero-order chi connectivity index (χ0) is 15.6. The molecule has 2 rings (SSSR count). The Hall–Kier alpha value is -1.87. The molecule has 2 amide bonds. The summed E-state index contributed by atoms with van der Waals surface area (Å²) < 4.78 is 43.7. The number of nitrogens with zero attached hydrogens (tertiary/aromatic N) is 1. The zero-order valence-corrected chi connectivity index (χ0v) is 11.7. The molecule has 1 aliphatic heterocycles. The van der Waals surface area contributed by atoms with Gasteiger partial charge in [-0.15, -0.1) is 0 Å². The number of halogens is 1. The van der Waals surface area contributed by atoms with Crippen molar-refractivity contribution in [1.82, 2.24) is 10.3 Å². The summed E-state index contributed by atoms with van der Waals surface area (Å²) in [5.74, 6) is -3.16. The van der Waals surface area contributed by atoms with E-state index in [2.05, 4.69) is 10.3 Å². The van der Waals surface area contributed by atoms with Crippen LogP contribution in [-0.4, -0.2) is 35.5 Å². The number of hydrogen-bond acceptors (Lipinski definition) is 5. The second-order valence-corrected chi connectivity index (χ2v) is 6.29. The summed E-state index contributed by atoms with van der Waals surface area (Å²) >= 11 is 0. The minimum Gasteiger partial charge on any atom is -0.296 e. The molecule has 1 aliphatic rings. The van der Waals surface area contributed by atoms with Gasteiger partial charge in [-0.3, -0.25) is 19.5 Å². The molecule has 2 heterocycles. The second-order valence-electron chi connectivity index (χ2n) is 4.72. The second kappa shape index (κ2) is 5.86. The van der Waals surface area contributed by atoms with Crippen molar-refractivity contribution < 1.29 is 27.0 Å². The Balaban J connectivity index is 2.31. The van der Waals surface area contributed by atoms with Crippen molar-refractivity contribution in [2.75, 3.05) is 5.75 Å². The van der Waals surface area contributed by atoms with Crippen molar-refractivity contribution in [3.05, 3.63) is 29.3 Å². The molecule has 0 bridgehead atoms. The highest BCUT2D eigenvalue weighted by Gasteiger charge is 2.31. The van der Waals surface area contributed by atoms with Crippen molar-refractivity contribution >= 4 is 21.9 Å². The number of rotatable bonds is 4. The fourth-order valence-corrected chi connectivity index (χ4v) is 2.66. The Morgan fingerprint density at radius 1 is 1.38 bits per heavy atom. The summed E-state index contributed by atoms with van der Waals surface area (Å²) in [4.78, 5) is 26.6. The topological polar surface area (TPSA) is 113 Å². The third-order valence-electron chi connectivity index (χ3n) is 3.18. The molecule has 7 nitrogen and oxygen atoms in total. The van der Waals surface area contributed by atoms with Gasteiger partial charge in [0.05, 0.1) is 17.4 Å². The van der Waals surface area contributed by atoms with E-state index >= 15 is 0 Å². The summed E-state index contributed by atoms with van der Waals surface area (Å²) in [6.45, 7) is 0. The average Bonchev–Trinajstić information content (AvgIpc) is 2.36. The summed E-state index contributed by atoms with van der Waals surface area (Å²) in [5.41, 5.74) is 0.451. The molecule has 114 valence electrons. The van der Waals surface area contributed by atoms with Crippen molar-refractivity contribution in [1.29, 1.82) is 0 Å². The highest BCUT2D eigenvalue weighted by molar-refractivity contribution is 7.85. The molecule has 0 saturated carbocycles. The number of piperidine rings is 1. The lowest BCUT2D eigenvalue weighted by Gasteiger charge is -2.22. The van der Waals surface area contributed by atoms with E-state index in [9.17, 15) is 22.4 Å². The van der Waals surface area contributed by atoms with E-state index in [1.54, 1.807) is 0 Å². The van der Waals surface area contributed by atoms with Gasteiger partial charge in [0.1, 0.15) is 0 Å². The largest absolute Gasteiger partial charge is 0.296 e. The predicted molar refractivity (Wildman–Crippen MR) is 69.4 cm³/mol. The van der Waals surface area contributed by atoms with E-state index in [4.69, 9.17) is 4.55 Å². The van der Waals surface area contributed by atoms with Gasteiger partial charge in [-0.1, -0.05) is 6.07 Å². The molecular formula is C12H13FN2O5S. The molecular weight excluding hydrogens is 303 g/mol. The molecule has 1 saturated heterocycles. The van der Waals surface area contributed by atoms with Gasteiger partial charge in [0.15, 0.2) is 0 Å². The van der Waals surface area contributed by atoms with Crippen LogP contribution in [0, 0.1) is 5.95 Å². The molecule has 1 unspecified atom stereocenters. The molecule has 0 radical (unpaired) electrons. The van der Waals surface area contributed by atoms with Crippen LogP contribution in [-0.2, 0) is 26.1 Å². The van der Waals surface area contributed by atoms with Crippen molar-refractivity contribution in [2.45, 2.75) is 25.2 Å². The number of aromatic nitrogens is 1. The van der Waals surface area contributed by atoms with Gasteiger partial charge in [-0.25, -0.2) is 4.98 Å². The molecule has 0 aliphatic carbocycles. The van der Waals surface area contributed by atoms with Gasteiger partial charge < -0.3 is 0 Å². The average molecular weight is 316 g/mol. The lowest BCUT2D eigenvalue weighted by atomic mass is 9.91. The number of amides is 2. The van der Waals surface area contributed by atoms with Gasteiger partial charge in [-0.05, 0) is 24.5 Å². The van der Waals surface area contributed by atoms with Crippen molar-refractivity contribution in [2.24, 2.45) is 0 Å². The molecule has 1 atom stereocenters. The standard InChI is InChI=1S/C12H13FN2O5S/c13-9-3-1-7(5-6-21(18,19)20)11(14-9)8-2-4-10(16)15-12(8)17/h1,3,8H,2,4-6H2,(H,15,16,17)(H,18,19,20). The van der Waals surface area contributed by atoms with E-state index in [-0.39, 0.29) is 25.0 Å². The van der Waals surface area contributed by atoms with Crippen LogP contribution in [0.15, 0.2) is 12.1 Å². The number of pyridine rings is 1. The fraction of sp³-hybridized carbons (Fsp3) is 0.417. The lowest BCUT2D eigenvalue weighted by Crippen LogP contribution is -2.40. The van der Waals surface area contributed by atoms with Crippen LogP contribution in [0.3, 0.4) is 0 Å². The fourth-order valence-electron chi connectivity index (χ4n) is 2.19. The molecule has 1 aromatic rings. The van der Waals surface area contributed by atoms with Gasteiger partial charge in [0.2, 0.25) is 17.8 Å². The maximum absolute atomic E-state index is 13.3. The first-order valence-electron chi connectivity index (χ1n) is 6.20. The van der Waals surface area contributed by atoms with Crippen molar-refractivity contribution in [3.63, 3.8) is 0 Å². The number of nitrogens with one attached hydrogen (secondary N) is 1. The summed E-state index contributed by atoms with van der Waals surface area (Å²) in [6, 6.07) is 2.38. The number of hydrogen-bond donors (Lipinski definition) is 2. The predicted octanol–water partition coefficient (Wildman–Crippen LogP) is 0.171. The number of imide groups is 1. The normalized spacial score (nSPS) is 19.4. The zero-order valence-electron chi connectivity index (χ0n) is 10.9. The van der Waals surface area contributed by atoms with Crippen LogP contribution < -0.4 is 5.32 Å². The SMILES string of the molecule is O=C1CCC(c2nc(F)ccc2CCS(=O)(=O)O)C(=O)N1. The first-order chi connectivity index (χ1) is 9.76. The van der Waals surface area contributed by atoms with E-state index < -0.39 is 39.6 Å². The molecule has 9 heteroatoms. The first-order valence-corrected chi connectivity index (χ1v) is 7.81. The van der Waals surface area contributed by atoms with Gasteiger partial charge >= 0.3 is 0 Å². The van der Waals surface area contributed by atoms with Crippen LogP contribution in [0.5, 0.6) is 0 Å². The first kappa shape index (κ1) is 15.5.